The van der Waals surface area contributed by atoms with Crippen LogP contribution in [0.5, 0.6) is 5.75 Å². The third-order valence-corrected chi connectivity index (χ3v) is 6.38. The summed E-state index contributed by atoms with van der Waals surface area (Å²) in [5.41, 5.74) is 5.48. The van der Waals surface area contributed by atoms with Crippen molar-refractivity contribution in [3.63, 3.8) is 0 Å². The van der Waals surface area contributed by atoms with E-state index in [2.05, 4.69) is 51.1 Å². The standard InChI is InChI=1S/C31H35NO2/c1-4-7-9-23(6-3)20-25-10-13-26(14-11-25)27-15-17-28(18-16-27)31(33)34-30-19-12-24(8-5-2)21-29(30)22-32/h10-19,21,23H,4-9,20H2,1-3H3. The van der Waals surface area contributed by atoms with E-state index in [1.165, 1.54) is 31.2 Å². The van der Waals surface area contributed by atoms with E-state index in [1.807, 2.05) is 18.2 Å². The Morgan fingerprint density at radius 3 is 2.12 bits per heavy atom. The van der Waals surface area contributed by atoms with Crippen molar-refractivity contribution < 1.29 is 9.53 Å². The Balaban J connectivity index is 1.66. The highest BCUT2D eigenvalue weighted by atomic mass is 16.5. The van der Waals surface area contributed by atoms with Gasteiger partial charge in [-0.1, -0.05) is 95.3 Å². The second-order valence-electron chi connectivity index (χ2n) is 8.98. The zero-order valence-electron chi connectivity index (χ0n) is 20.6. The maximum Gasteiger partial charge on any atom is 0.343 e. The molecule has 0 aliphatic carbocycles. The van der Waals surface area contributed by atoms with Gasteiger partial charge in [-0.2, -0.15) is 5.26 Å². The molecule has 0 aliphatic heterocycles. The summed E-state index contributed by atoms with van der Waals surface area (Å²) in [6.45, 7) is 6.62. The second kappa shape index (κ2) is 12.8. The van der Waals surface area contributed by atoms with Crippen molar-refractivity contribution in [3.05, 3.63) is 89.0 Å². The highest BCUT2D eigenvalue weighted by Crippen LogP contribution is 2.25. The molecule has 0 amide bonds. The van der Waals surface area contributed by atoms with Crippen LogP contribution in [0, 0.1) is 17.2 Å². The summed E-state index contributed by atoms with van der Waals surface area (Å²) < 4.78 is 5.53. The van der Waals surface area contributed by atoms with Gasteiger partial charge in [0.1, 0.15) is 11.8 Å². The summed E-state index contributed by atoms with van der Waals surface area (Å²) in [7, 11) is 0. The summed E-state index contributed by atoms with van der Waals surface area (Å²) in [6.07, 6.45) is 8.09. The van der Waals surface area contributed by atoms with Gasteiger partial charge in [0.2, 0.25) is 0 Å². The van der Waals surface area contributed by atoms with Gasteiger partial charge in [0.25, 0.3) is 0 Å². The predicted molar refractivity (Wildman–Crippen MR) is 139 cm³/mol. The number of ether oxygens (including phenoxy) is 1. The molecule has 34 heavy (non-hydrogen) atoms. The Bertz CT molecular complexity index is 1110. The number of nitriles is 1. The van der Waals surface area contributed by atoms with Gasteiger partial charge in [0.15, 0.2) is 0 Å². The molecular weight excluding hydrogens is 418 g/mol. The van der Waals surface area contributed by atoms with Gasteiger partial charge in [-0.05, 0) is 65.3 Å². The molecule has 0 spiro atoms. The van der Waals surface area contributed by atoms with Crippen molar-refractivity contribution in [1.82, 2.24) is 0 Å². The van der Waals surface area contributed by atoms with Crippen LogP contribution in [0.15, 0.2) is 66.7 Å². The average molecular weight is 454 g/mol. The number of esters is 1. The molecule has 176 valence electrons. The fraction of sp³-hybridized carbons (Fsp3) is 0.355. The SMILES string of the molecule is CCCCC(CC)Cc1ccc(-c2ccc(C(=O)Oc3ccc(CCC)cc3C#N)cc2)cc1. The number of hydrogen-bond acceptors (Lipinski definition) is 3. The van der Waals surface area contributed by atoms with Gasteiger partial charge in [0.05, 0.1) is 11.1 Å². The van der Waals surface area contributed by atoms with Crippen LogP contribution < -0.4 is 4.74 Å². The van der Waals surface area contributed by atoms with Crippen LogP contribution in [0.4, 0.5) is 0 Å². The van der Waals surface area contributed by atoms with Gasteiger partial charge in [0, 0.05) is 0 Å². The zero-order valence-corrected chi connectivity index (χ0v) is 20.6. The fourth-order valence-corrected chi connectivity index (χ4v) is 4.27. The highest BCUT2D eigenvalue weighted by Gasteiger charge is 2.13. The molecule has 0 radical (unpaired) electrons. The Morgan fingerprint density at radius 1 is 0.882 bits per heavy atom. The van der Waals surface area contributed by atoms with Gasteiger partial charge in [-0.15, -0.1) is 0 Å². The third-order valence-electron chi connectivity index (χ3n) is 6.38. The normalized spacial score (nSPS) is 11.6. The lowest BCUT2D eigenvalue weighted by atomic mass is 9.91. The van der Waals surface area contributed by atoms with Crippen molar-refractivity contribution in [2.75, 3.05) is 0 Å². The average Bonchev–Trinajstić information content (AvgIpc) is 2.88. The van der Waals surface area contributed by atoms with E-state index in [9.17, 15) is 10.1 Å². The number of unbranched alkanes of at least 4 members (excludes halogenated alkanes) is 1. The molecule has 3 aromatic rings. The minimum Gasteiger partial charge on any atom is -0.422 e. The van der Waals surface area contributed by atoms with Gasteiger partial charge in [-0.3, -0.25) is 0 Å². The van der Waals surface area contributed by atoms with Crippen LogP contribution in [0.25, 0.3) is 11.1 Å². The zero-order chi connectivity index (χ0) is 24.3. The molecule has 0 N–H and O–H groups in total. The molecule has 0 fully saturated rings. The summed E-state index contributed by atoms with van der Waals surface area (Å²) >= 11 is 0. The molecule has 0 bridgehead atoms. The molecule has 0 saturated carbocycles. The quantitative estimate of drug-likeness (QED) is 0.217. The van der Waals surface area contributed by atoms with E-state index in [4.69, 9.17) is 4.74 Å². The van der Waals surface area contributed by atoms with Crippen molar-refractivity contribution in [2.45, 2.75) is 65.7 Å². The first-order valence-corrected chi connectivity index (χ1v) is 12.5. The lowest BCUT2D eigenvalue weighted by Gasteiger charge is -2.14. The number of carbonyl (C=O) groups excluding carboxylic acids is 1. The first kappa shape index (κ1) is 25.2. The number of hydrogen-bond donors (Lipinski definition) is 0. The Labute approximate surface area is 204 Å². The van der Waals surface area contributed by atoms with Crippen molar-refractivity contribution in [3.8, 4) is 22.9 Å². The molecule has 0 aliphatic rings. The summed E-state index contributed by atoms with van der Waals surface area (Å²) in [6, 6.07) is 23.8. The highest BCUT2D eigenvalue weighted by molar-refractivity contribution is 5.92. The van der Waals surface area contributed by atoms with E-state index < -0.39 is 5.97 Å². The maximum atomic E-state index is 12.7. The maximum absolute atomic E-state index is 12.7. The van der Waals surface area contributed by atoms with Gasteiger partial charge >= 0.3 is 5.97 Å². The molecule has 3 aromatic carbocycles. The van der Waals surface area contributed by atoms with Crippen LogP contribution in [-0.4, -0.2) is 5.97 Å². The van der Waals surface area contributed by atoms with E-state index in [1.54, 1.807) is 24.3 Å². The molecule has 3 heteroatoms. The first-order valence-electron chi connectivity index (χ1n) is 12.5. The minimum atomic E-state index is -0.459. The summed E-state index contributed by atoms with van der Waals surface area (Å²) in [5, 5.41) is 9.44. The number of rotatable bonds is 11. The molecule has 1 unspecified atom stereocenters. The Kier molecular flexibility index (Phi) is 9.47. The van der Waals surface area contributed by atoms with Crippen LogP contribution in [0.3, 0.4) is 0 Å². The molecule has 0 heterocycles. The molecule has 0 aromatic heterocycles. The third kappa shape index (κ3) is 6.81. The summed E-state index contributed by atoms with van der Waals surface area (Å²) in [4.78, 5) is 12.7. The van der Waals surface area contributed by atoms with Crippen LogP contribution in [0.2, 0.25) is 0 Å². The lowest BCUT2D eigenvalue weighted by Crippen LogP contribution is -2.09. The second-order valence-corrected chi connectivity index (χ2v) is 8.98. The molecular formula is C31H35NO2. The smallest absolute Gasteiger partial charge is 0.343 e. The molecule has 1 atom stereocenters. The van der Waals surface area contributed by atoms with Crippen LogP contribution in [-0.2, 0) is 12.8 Å². The number of carbonyl (C=O) groups is 1. The lowest BCUT2D eigenvalue weighted by molar-refractivity contribution is 0.0734. The van der Waals surface area contributed by atoms with Crippen molar-refractivity contribution >= 4 is 5.97 Å². The largest absolute Gasteiger partial charge is 0.422 e. The van der Waals surface area contributed by atoms with E-state index in [0.717, 1.165) is 41.9 Å². The molecule has 0 saturated heterocycles. The number of nitrogens with zero attached hydrogens (tertiary/aromatic N) is 1. The summed E-state index contributed by atoms with van der Waals surface area (Å²) in [5.74, 6) is 0.594. The van der Waals surface area contributed by atoms with Crippen LogP contribution in [0.1, 0.15) is 79.9 Å². The van der Waals surface area contributed by atoms with E-state index in [-0.39, 0.29) is 0 Å². The Hall–Kier alpha value is -3.38. The van der Waals surface area contributed by atoms with Crippen molar-refractivity contribution in [1.29, 1.82) is 5.26 Å². The number of benzene rings is 3. The van der Waals surface area contributed by atoms with Gasteiger partial charge < -0.3 is 4.74 Å². The Morgan fingerprint density at radius 2 is 1.53 bits per heavy atom. The molecule has 3 rings (SSSR count). The monoisotopic (exact) mass is 453 g/mol. The predicted octanol–water partition coefficient (Wildman–Crippen LogP) is 8.16. The first-order chi connectivity index (χ1) is 16.6. The van der Waals surface area contributed by atoms with Gasteiger partial charge in [-0.25, -0.2) is 4.79 Å². The van der Waals surface area contributed by atoms with E-state index in [0.29, 0.717) is 16.9 Å². The van der Waals surface area contributed by atoms with Crippen molar-refractivity contribution in [2.24, 2.45) is 5.92 Å². The number of aryl methyl sites for hydroxylation is 1. The fourth-order valence-electron chi connectivity index (χ4n) is 4.27. The minimum absolute atomic E-state index is 0.302. The van der Waals surface area contributed by atoms with Crippen LogP contribution >= 0.6 is 0 Å². The topological polar surface area (TPSA) is 50.1 Å². The molecule has 3 nitrogen and oxygen atoms in total. The van der Waals surface area contributed by atoms with E-state index >= 15 is 0 Å².